The fourth-order valence-electron chi connectivity index (χ4n) is 2.74. The fourth-order valence-corrected chi connectivity index (χ4v) is 18.3. The molecule has 0 unspecified atom stereocenters. The lowest BCUT2D eigenvalue weighted by molar-refractivity contribution is -0.138. The zero-order valence-electron chi connectivity index (χ0n) is 20.0. The van der Waals surface area contributed by atoms with Crippen LogP contribution in [0.15, 0.2) is 43.7 Å². The molecule has 4 rings (SSSR count). The molecule has 196 valence electrons. The van der Waals surface area contributed by atoms with E-state index in [1.165, 1.54) is 100 Å². The predicted octanol–water partition coefficient (Wildman–Crippen LogP) is 10.0. The van der Waals surface area contributed by atoms with E-state index in [0.717, 1.165) is 8.47 Å². The Morgan fingerprint density at radius 3 is 1.25 bits per heavy atom. The number of rotatable bonds is 10. The lowest BCUT2D eigenvalue weighted by Gasteiger charge is -2.07. The minimum absolute atomic E-state index is 0.305. The van der Waals surface area contributed by atoms with Crippen molar-refractivity contribution in [2.45, 2.75) is 39.5 Å². The van der Waals surface area contributed by atoms with Gasteiger partial charge in [0.25, 0.3) is 0 Å². The number of thioether (sulfide) groups is 10. The topological polar surface area (TPSA) is 52.6 Å². The van der Waals surface area contributed by atoms with E-state index in [2.05, 4.69) is 13.8 Å². The van der Waals surface area contributed by atoms with Crippen LogP contribution in [-0.2, 0) is 19.1 Å². The third-order valence-electron chi connectivity index (χ3n) is 4.58. The molecule has 4 heterocycles. The second-order valence-electron chi connectivity index (χ2n) is 7.16. The first-order valence-electron chi connectivity index (χ1n) is 11.0. The number of esters is 2. The van der Waals surface area contributed by atoms with Crippen LogP contribution < -0.4 is 0 Å². The Balaban J connectivity index is 1.41. The lowest BCUT2D eigenvalue weighted by Crippen LogP contribution is -2.08. The van der Waals surface area contributed by atoms with Gasteiger partial charge in [-0.25, -0.2) is 9.59 Å². The third-order valence-corrected chi connectivity index (χ3v) is 19.5. The van der Waals surface area contributed by atoms with Crippen LogP contribution in [0.1, 0.15) is 39.5 Å². The van der Waals surface area contributed by atoms with Crippen molar-refractivity contribution >= 4 is 130 Å². The van der Waals surface area contributed by atoms with E-state index < -0.39 is 11.9 Å². The first-order valence-corrected chi connectivity index (χ1v) is 19.6. The van der Waals surface area contributed by atoms with Gasteiger partial charge in [-0.15, -0.1) is 23.5 Å². The molecule has 14 heteroatoms. The second-order valence-corrected chi connectivity index (χ2v) is 19.6. The Morgan fingerprint density at radius 1 is 0.583 bits per heavy atom. The highest BCUT2D eigenvalue weighted by Gasteiger charge is 2.39. The van der Waals surface area contributed by atoms with Crippen LogP contribution in [0.5, 0.6) is 0 Å². The molecule has 0 spiro atoms. The molecule has 0 radical (unpaired) electrons. The van der Waals surface area contributed by atoms with Gasteiger partial charge in [0, 0.05) is 0 Å². The van der Waals surface area contributed by atoms with Crippen LogP contribution in [0.3, 0.4) is 0 Å². The van der Waals surface area contributed by atoms with Gasteiger partial charge in [-0.05, 0) is 24.3 Å². The summed E-state index contributed by atoms with van der Waals surface area (Å²) in [7, 11) is 2.65. The van der Waals surface area contributed by atoms with E-state index >= 15 is 0 Å². The minimum atomic E-state index is -0.504. The van der Waals surface area contributed by atoms with Crippen molar-refractivity contribution in [2.75, 3.05) is 25.7 Å². The molecule has 0 fully saturated rings. The van der Waals surface area contributed by atoms with Crippen LogP contribution in [-0.4, -0.2) is 37.7 Å². The summed E-state index contributed by atoms with van der Waals surface area (Å²) in [5, 5.41) is 0. The van der Waals surface area contributed by atoms with E-state index in [4.69, 9.17) is 9.47 Å². The van der Waals surface area contributed by atoms with E-state index in [0.29, 0.717) is 9.81 Å². The number of ether oxygens (including phenoxy) is 2. The highest BCUT2D eigenvalue weighted by Crippen LogP contribution is 2.72. The van der Waals surface area contributed by atoms with Crippen molar-refractivity contribution in [3.05, 3.63) is 43.7 Å². The largest absolute Gasteiger partial charge is 0.465 e. The highest BCUT2D eigenvalue weighted by molar-refractivity contribution is 8.50. The van der Waals surface area contributed by atoms with Crippen LogP contribution >= 0.6 is 118 Å². The number of carbonyl (C=O) groups excluding carboxylic acids is 2. The van der Waals surface area contributed by atoms with Gasteiger partial charge in [-0.1, -0.05) is 121 Å². The normalized spacial score (nSPS) is 19.9. The van der Waals surface area contributed by atoms with Crippen molar-refractivity contribution in [1.82, 2.24) is 0 Å². The van der Waals surface area contributed by atoms with Crippen molar-refractivity contribution in [3.63, 3.8) is 0 Å². The molecule has 4 aliphatic heterocycles. The molecule has 4 nitrogen and oxygen atoms in total. The Labute approximate surface area is 255 Å². The van der Waals surface area contributed by atoms with Gasteiger partial charge in [-0.3, -0.25) is 0 Å². The van der Waals surface area contributed by atoms with E-state index in [-0.39, 0.29) is 0 Å². The number of methoxy groups -OCH3 is 2. The molecular formula is C22H24O4S10. The summed E-state index contributed by atoms with van der Waals surface area (Å²) in [4.78, 5) is 25.0. The van der Waals surface area contributed by atoms with Crippen LogP contribution in [0.2, 0.25) is 0 Å². The molecule has 0 aliphatic carbocycles. The highest BCUT2D eigenvalue weighted by atomic mass is 32.3. The molecule has 0 atom stereocenters. The molecule has 36 heavy (non-hydrogen) atoms. The van der Waals surface area contributed by atoms with E-state index in [1.807, 2.05) is 70.6 Å². The minimum Gasteiger partial charge on any atom is -0.465 e. The number of hydrogen-bond donors (Lipinski definition) is 0. The van der Waals surface area contributed by atoms with Crippen molar-refractivity contribution < 1.29 is 19.1 Å². The molecule has 4 aliphatic rings. The summed E-state index contributed by atoms with van der Waals surface area (Å²) in [6.45, 7) is 4.50. The average Bonchev–Trinajstić information content (AvgIpc) is 3.65. The van der Waals surface area contributed by atoms with Crippen molar-refractivity contribution in [2.24, 2.45) is 0 Å². The summed E-state index contributed by atoms with van der Waals surface area (Å²) in [6, 6.07) is 0. The SMILES string of the molecule is CCCCSC1=C(SCCCC)SC(=C2SC3=C(S2)SC(=C2SC(C(=O)OC)=C(C(=O)OC)S2)S3)S1. The molecule has 0 saturated heterocycles. The Bertz CT molecular complexity index is 1010. The zero-order valence-corrected chi connectivity index (χ0v) is 28.1. The quantitative estimate of drug-likeness (QED) is 0.163. The van der Waals surface area contributed by atoms with Gasteiger partial charge in [0.2, 0.25) is 0 Å². The Morgan fingerprint density at radius 2 is 0.917 bits per heavy atom. The van der Waals surface area contributed by atoms with Crippen LogP contribution in [0, 0.1) is 0 Å². The standard InChI is InChI=1S/C22H24O4S10/c1-5-7-9-27-15-16(28-10-8-6-2)32-19(31-15)20-35-21-22(36-20)34-18(33-21)17-29-11(13(23)25-3)12(30-17)14(24)26-4/h5-10H2,1-4H3. The summed E-state index contributed by atoms with van der Waals surface area (Å²) < 4.78 is 20.1. The molecule has 0 aromatic rings. The summed E-state index contributed by atoms with van der Waals surface area (Å²) >= 11 is 17.7. The van der Waals surface area contributed by atoms with Crippen LogP contribution in [0.4, 0.5) is 0 Å². The van der Waals surface area contributed by atoms with Crippen molar-refractivity contribution in [1.29, 1.82) is 0 Å². The van der Waals surface area contributed by atoms with Gasteiger partial charge in [0.1, 0.15) is 9.81 Å². The second kappa shape index (κ2) is 14.7. The zero-order chi connectivity index (χ0) is 25.7. The maximum absolute atomic E-state index is 12.2. The molecule has 0 aromatic carbocycles. The molecular weight excluding hydrogens is 649 g/mol. The maximum atomic E-state index is 12.2. The Hall–Kier alpha value is 1.14. The lowest BCUT2D eigenvalue weighted by atomic mass is 10.4. The first kappa shape index (κ1) is 30.1. The summed E-state index contributed by atoms with van der Waals surface area (Å²) in [5.74, 6) is 1.36. The number of carbonyl (C=O) groups is 2. The monoisotopic (exact) mass is 672 g/mol. The number of hydrogen-bond acceptors (Lipinski definition) is 14. The van der Waals surface area contributed by atoms with Gasteiger partial charge in [0.15, 0.2) is 0 Å². The first-order chi connectivity index (χ1) is 17.5. The van der Waals surface area contributed by atoms with Gasteiger partial charge < -0.3 is 9.47 Å². The average molecular weight is 673 g/mol. The van der Waals surface area contributed by atoms with Gasteiger partial charge >= 0.3 is 11.9 Å². The molecule has 0 bridgehead atoms. The molecule has 0 amide bonds. The smallest absolute Gasteiger partial charge is 0.346 e. The molecule has 0 aromatic heterocycles. The van der Waals surface area contributed by atoms with Crippen molar-refractivity contribution in [3.8, 4) is 0 Å². The van der Waals surface area contributed by atoms with Gasteiger partial charge in [-0.2, -0.15) is 0 Å². The molecule has 0 saturated carbocycles. The summed E-state index contributed by atoms with van der Waals surface area (Å²) in [5.41, 5.74) is 0. The van der Waals surface area contributed by atoms with Crippen LogP contribution in [0.25, 0.3) is 0 Å². The fraction of sp³-hybridized carbons (Fsp3) is 0.455. The van der Waals surface area contributed by atoms with Gasteiger partial charge in [0.05, 0.1) is 48.1 Å². The van der Waals surface area contributed by atoms with E-state index in [9.17, 15) is 9.59 Å². The van der Waals surface area contributed by atoms with E-state index in [1.54, 1.807) is 23.5 Å². The Kier molecular flexibility index (Phi) is 12.3. The molecule has 0 N–H and O–H groups in total. The predicted molar refractivity (Wildman–Crippen MR) is 175 cm³/mol. The summed E-state index contributed by atoms with van der Waals surface area (Å²) in [6.07, 6.45) is 4.96. The third kappa shape index (κ3) is 7.25. The number of unbranched alkanes of at least 4 members (excludes halogenated alkanes) is 2. The maximum Gasteiger partial charge on any atom is 0.346 e.